The molecule has 0 aliphatic rings. The molecular formula is C15H31NO2. The van der Waals surface area contributed by atoms with Crippen LogP contribution in [0.1, 0.15) is 54.9 Å². The van der Waals surface area contributed by atoms with Gasteiger partial charge < -0.3 is 10.1 Å². The molecule has 0 bridgehead atoms. The normalized spacial score (nSPS) is 13.1. The number of carbonyl (C=O) groups excluding carboxylic acids is 1. The molecule has 0 amide bonds. The summed E-state index contributed by atoms with van der Waals surface area (Å²) in [4.78, 5) is 11.7. The van der Waals surface area contributed by atoms with Gasteiger partial charge in [0.05, 0.1) is 13.2 Å². The summed E-state index contributed by atoms with van der Waals surface area (Å²) < 4.78 is 5.76. The summed E-state index contributed by atoms with van der Waals surface area (Å²) in [5.74, 6) is 0.264. The number of hydrogen-bond acceptors (Lipinski definition) is 3. The monoisotopic (exact) mass is 257 g/mol. The number of rotatable bonds is 9. The summed E-state index contributed by atoms with van der Waals surface area (Å²) in [6.07, 6.45) is 0.578. The van der Waals surface area contributed by atoms with Gasteiger partial charge in [0, 0.05) is 29.8 Å². The van der Waals surface area contributed by atoms with Crippen molar-refractivity contribution in [3.8, 4) is 0 Å². The van der Waals surface area contributed by atoms with Crippen LogP contribution in [0.25, 0.3) is 0 Å². The first-order valence-electron chi connectivity index (χ1n) is 6.95. The molecule has 0 aliphatic heterocycles. The van der Waals surface area contributed by atoms with E-state index < -0.39 is 0 Å². The van der Waals surface area contributed by atoms with E-state index >= 15 is 0 Å². The minimum atomic E-state index is -0.365. The summed E-state index contributed by atoms with van der Waals surface area (Å²) in [5.41, 5.74) is -0.272. The predicted octanol–water partition coefficient (Wildman–Crippen LogP) is 3.03. The zero-order valence-corrected chi connectivity index (χ0v) is 13.2. The summed E-state index contributed by atoms with van der Waals surface area (Å²) in [7, 11) is 0. The van der Waals surface area contributed by atoms with Crippen molar-refractivity contribution in [2.75, 3.05) is 19.8 Å². The molecular weight excluding hydrogens is 226 g/mol. The third kappa shape index (κ3) is 7.12. The number of carbonyl (C=O) groups is 1. The first kappa shape index (κ1) is 17.6. The number of ketones is 1. The topological polar surface area (TPSA) is 38.3 Å². The molecule has 18 heavy (non-hydrogen) atoms. The zero-order chi connectivity index (χ0) is 14.4. The van der Waals surface area contributed by atoms with Crippen molar-refractivity contribution in [1.82, 2.24) is 5.32 Å². The largest absolute Gasteiger partial charge is 0.380 e. The molecule has 0 atom stereocenters. The Bertz CT molecular complexity index is 257. The third-order valence-corrected chi connectivity index (χ3v) is 3.02. The predicted molar refractivity (Wildman–Crippen MR) is 76.8 cm³/mol. The lowest BCUT2D eigenvalue weighted by molar-refractivity contribution is -0.130. The van der Waals surface area contributed by atoms with Gasteiger partial charge in [-0.1, -0.05) is 48.5 Å². The summed E-state index contributed by atoms with van der Waals surface area (Å²) in [6, 6.07) is 0.488. The van der Waals surface area contributed by atoms with Crippen molar-refractivity contribution in [2.45, 2.75) is 60.9 Å². The maximum atomic E-state index is 11.7. The Kier molecular flexibility index (Phi) is 7.08. The molecule has 0 aliphatic carbocycles. The van der Waals surface area contributed by atoms with Crippen LogP contribution in [0.15, 0.2) is 0 Å². The van der Waals surface area contributed by atoms with Crippen molar-refractivity contribution in [3.63, 3.8) is 0 Å². The number of Topliss-reactive ketones (excluding diaryl/α,β-unsaturated/α-hetero) is 1. The molecule has 0 radical (unpaired) electrons. The van der Waals surface area contributed by atoms with Crippen molar-refractivity contribution in [3.05, 3.63) is 0 Å². The standard InChI is InChI=1S/C15H31NO2/c1-8-13(17)15(6,7)11-18-10-14(4,5)9-16-12(2)3/h12,16H,8-11H2,1-7H3. The molecule has 0 rings (SSSR count). The maximum Gasteiger partial charge on any atom is 0.140 e. The van der Waals surface area contributed by atoms with Crippen LogP contribution in [0, 0.1) is 10.8 Å². The van der Waals surface area contributed by atoms with Gasteiger partial charge in [-0.2, -0.15) is 0 Å². The van der Waals surface area contributed by atoms with Crippen LogP contribution in [0.4, 0.5) is 0 Å². The maximum absolute atomic E-state index is 11.7. The summed E-state index contributed by atoms with van der Waals surface area (Å²) in [5, 5.41) is 3.42. The van der Waals surface area contributed by atoms with Crippen LogP contribution in [0.3, 0.4) is 0 Å². The molecule has 0 saturated carbocycles. The lowest BCUT2D eigenvalue weighted by atomic mass is 9.87. The van der Waals surface area contributed by atoms with E-state index in [4.69, 9.17) is 4.74 Å². The Balaban J connectivity index is 4.06. The molecule has 0 heterocycles. The highest BCUT2D eigenvalue weighted by molar-refractivity contribution is 5.83. The Morgan fingerprint density at radius 1 is 1.17 bits per heavy atom. The molecule has 108 valence electrons. The molecule has 0 fully saturated rings. The van der Waals surface area contributed by atoms with E-state index in [9.17, 15) is 4.79 Å². The Morgan fingerprint density at radius 2 is 1.72 bits per heavy atom. The lowest BCUT2D eigenvalue weighted by Crippen LogP contribution is -2.38. The van der Waals surface area contributed by atoms with E-state index in [2.05, 4.69) is 33.0 Å². The SMILES string of the molecule is CCC(=O)C(C)(C)COCC(C)(C)CNC(C)C. The first-order valence-corrected chi connectivity index (χ1v) is 6.95. The molecule has 3 heteroatoms. The smallest absolute Gasteiger partial charge is 0.140 e. The third-order valence-electron chi connectivity index (χ3n) is 3.02. The van der Waals surface area contributed by atoms with Gasteiger partial charge in [-0.3, -0.25) is 4.79 Å². The minimum absolute atomic E-state index is 0.0929. The number of hydrogen-bond donors (Lipinski definition) is 1. The van der Waals surface area contributed by atoms with Gasteiger partial charge in [0.1, 0.15) is 5.78 Å². The molecule has 0 aromatic carbocycles. The average molecular weight is 257 g/mol. The minimum Gasteiger partial charge on any atom is -0.380 e. The highest BCUT2D eigenvalue weighted by Crippen LogP contribution is 2.21. The van der Waals surface area contributed by atoms with Crippen molar-refractivity contribution in [1.29, 1.82) is 0 Å². The van der Waals surface area contributed by atoms with Gasteiger partial charge in [0.15, 0.2) is 0 Å². The van der Waals surface area contributed by atoms with Crippen LogP contribution in [0.2, 0.25) is 0 Å². The highest BCUT2D eigenvalue weighted by atomic mass is 16.5. The Hall–Kier alpha value is -0.410. The molecule has 0 aromatic rings. The van der Waals surface area contributed by atoms with Crippen LogP contribution >= 0.6 is 0 Å². The van der Waals surface area contributed by atoms with Crippen LogP contribution in [-0.4, -0.2) is 31.6 Å². The Morgan fingerprint density at radius 3 is 2.17 bits per heavy atom. The van der Waals surface area contributed by atoms with E-state index in [-0.39, 0.29) is 16.6 Å². The van der Waals surface area contributed by atoms with E-state index in [1.165, 1.54) is 0 Å². The van der Waals surface area contributed by atoms with Gasteiger partial charge in [-0.05, 0) is 0 Å². The van der Waals surface area contributed by atoms with Crippen molar-refractivity contribution in [2.24, 2.45) is 10.8 Å². The van der Waals surface area contributed by atoms with Crippen molar-refractivity contribution < 1.29 is 9.53 Å². The quantitative estimate of drug-likeness (QED) is 0.690. The Labute approximate surface area is 113 Å². The molecule has 0 unspecified atom stereocenters. The fourth-order valence-electron chi connectivity index (χ4n) is 1.67. The molecule has 0 saturated heterocycles. The van der Waals surface area contributed by atoms with E-state index in [0.717, 1.165) is 6.54 Å². The number of ether oxygens (including phenoxy) is 1. The van der Waals surface area contributed by atoms with E-state index in [0.29, 0.717) is 25.7 Å². The van der Waals surface area contributed by atoms with Gasteiger partial charge in [-0.15, -0.1) is 0 Å². The van der Waals surface area contributed by atoms with Gasteiger partial charge >= 0.3 is 0 Å². The second-order valence-corrected chi connectivity index (χ2v) is 6.85. The van der Waals surface area contributed by atoms with Gasteiger partial charge in [-0.25, -0.2) is 0 Å². The highest BCUT2D eigenvalue weighted by Gasteiger charge is 2.27. The van der Waals surface area contributed by atoms with Crippen molar-refractivity contribution >= 4 is 5.78 Å². The van der Waals surface area contributed by atoms with E-state index in [1.807, 2.05) is 20.8 Å². The van der Waals surface area contributed by atoms with Gasteiger partial charge in [0.2, 0.25) is 0 Å². The molecule has 0 spiro atoms. The molecule has 0 aromatic heterocycles. The lowest BCUT2D eigenvalue weighted by Gasteiger charge is -2.29. The second kappa shape index (κ2) is 7.25. The summed E-state index contributed by atoms with van der Waals surface area (Å²) in [6.45, 7) is 16.6. The van der Waals surface area contributed by atoms with Crippen LogP contribution in [-0.2, 0) is 9.53 Å². The zero-order valence-electron chi connectivity index (χ0n) is 13.2. The van der Waals surface area contributed by atoms with Crippen LogP contribution in [0.5, 0.6) is 0 Å². The van der Waals surface area contributed by atoms with E-state index in [1.54, 1.807) is 0 Å². The summed E-state index contributed by atoms with van der Waals surface area (Å²) >= 11 is 0. The average Bonchev–Trinajstić information content (AvgIpc) is 2.24. The fraction of sp³-hybridized carbons (Fsp3) is 0.933. The van der Waals surface area contributed by atoms with Crippen LogP contribution < -0.4 is 5.32 Å². The molecule has 3 nitrogen and oxygen atoms in total. The molecule has 1 N–H and O–H groups in total. The number of nitrogens with one attached hydrogen (secondary N) is 1. The first-order chi connectivity index (χ1) is 8.10. The second-order valence-electron chi connectivity index (χ2n) is 6.85. The van der Waals surface area contributed by atoms with Gasteiger partial charge in [0.25, 0.3) is 0 Å². The fourth-order valence-corrected chi connectivity index (χ4v) is 1.67.